The predicted octanol–water partition coefficient (Wildman–Crippen LogP) is 3.94. The maximum absolute atomic E-state index is 12.5. The number of ether oxygens (including phenoxy) is 1. The molecule has 0 unspecified atom stereocenters. The van der Waals surface area contributed by atoms with Gasteiger partial charge in [0.25, 0.3) is 5.91 Å². The Bertz CT molecular complexity index is 1140. The lowest BCUT2D eigenvalue weighted by atomic mass is 10.1. The van der Waals surface area contributed by atoms with Crippen LogP contribution in [0.5, 0.6) is 0 Å². The second-order valence-corrected chi connectivity index (χ2v) is 7.57. The molecule has 0 radical (unpaired) electrons. The van der Waals surface area contributed by atoms with Crippen LogP contribution in [0.4, 0.5) is 11.4 Å². The SMILES string of the molecule is CCc1ccccc1N1C[C@H](C(=O)OCC(=O)Nc2cccc3ccccc23)CC1=O. The fourth-order valence-electron chi connectivity index (χ4n) is 3.95. The second-order valence-electron chi connectivity index (χ2n) is 7.57. The van der Waals surface area contributed by atoms with Gasteiger partial charge >= 0.3 is 5.97 Å². The normalized spacial score (nSPS) is 15.8. The molecule has 0 saturated carbocycles. The number of carbonyl (C=O) groups is 3. The Labute approximate surface area is 180 Å². The summed E-state index contributed by atoms with van der Waals surface area (Å²) in [7, 11) is 0. The lowest BCUT2D eigenvalue weighted by Gasteiger charge is -2.19. The van der Waals surface area contributed by atoms with Crippen molar-refractivity contribution in [2.75, 3.05) is 23.4 Å². The molecule has 1 fully saturated rings. The van der Waals surface area contributed by atoms with E-state index in [1.807, 2.05) is 67.6 Å². The number of esters is 1. The average molecular weight is 416 g/mol. The van der Waals surface area contributed by atoms with Crippen molar-refractivity contribution < 1.29 is 19.1 Å². The van der Waals surface area contributed by atoms with E-state index < -0.39 is 24.4 Å². The topological polar surface area (TPSA) is 75.7 Å². The second kappa shape index (κ2) is 9.00. The maximum atomic E-state index is 12.5. The van der Waals surface area contributed by atoms with Crippen molar-refractivity contribution in [3.63, 3.8) is 0 Å². The Morgan fingerprint density at radius 2 is 1.77 bits per heavy atom. The summed E-state index contributed by atoms with van der Waals surface area (Å²) in [5.74, 6) is -1.63. The van der Waals surface area contributed by atoms with Gasteiger partial charge in [-0.25, -0.2) is 0 Å². The standard InChI is InChI=1S/C25H24N2O4/c1-2-17-8-4-6-13-22(17)27-15-19(14-24(27)29)25(30)31-16-23(28)26-21-12-7-10-18-9-3-5-11-20(18)21/h3-13,19H,2,14-16H2,1H3,(H,26,28)/t19-/m1/s1. The molecule has 1 heterocycles. The van der Waals surface area contributed by atoms with Crippen LogP contribution in [0.3, 0.4) is 0 Å². The van der Waals surface area contributed by atoms with Gasteiger partial charge in [-0.2, -0.15) is 0 Å². The van der Waals surface area contributed by atoms with Gasteiger partial charge in [-0.15, -0.1) is 0 Å². The third kappa shape index (κ3) is 4.43. The van der Waals surface area contributed by atoms with E-state index in [9.17, 15) is 14.4 Å². The first-order chi connectivity index (χ1) is 15.1. The molecule has 31 heavy (non-hydrogen) atoms. The van der Waals surface area contributed by atoms with Crippen molar-refractivity contribution in [3.8, 4) is 0 Å². The van der Waals surface area contributed by atoms with Crippen LogP contribution in [0, 0.1) is 5.92 Å². The predicted molar refractivity (Wildman–Crippen MR) is 120 cm³/mol. The minimum atomic E-state index is -0.581. The summed E-state index contributed by atoms with van der Waals surface area (Å²) < 4.78 is 5.23. The van der Waals surface area contributed by atoms with Gasteiger partial charge in [-0.1, -0.05) is 61.5 Å². The number of aryl methyl sites for hydroxylation is 1. The van der Waals surface area contributed by atoms with Crippen molar-refractivity contribution in [3.05, 3.63) is 72.3 Å². The van der Waals surface area contributed by atoms with Crippen LogP contribution < -0.4 is 10.2 Å². The van der Waals surface area contributed by atoms with Gasteiger partial charge in [0.05, 0.1) is 5.92 Å². The first kappa shape index (κ1) is 20.6. The molecule has 1 aliphatic heterocycles. The summed E-state index contributed by atoms with van der Waals surface area (Å²) in [5, 5.41) is 4.72. The van der Waals surface area contributed by atoms with Gasteiger partial charge in [0.2, 0.25) is 5.91 Å². The average Bonchev–Trinajstić information content (AvgIpc) is 3.19. The maximum Gasteiger partial charge on any atom is 0.311 e. The monoisotopic (exact) mass is 416 g/mol. The number of anilines is 2. The summed E-state index contributed by atoms with van der Waals surface area (Å²) in [6, 6.07) is 21.0. The quantitative estimate of drug-likeness (QED) is 0.618. The Balaban J connectivity index is 1.35. The summed E-state index contributed by atoms with van der Waals surface area (Å²) in [6.07, 6.45) is 0.880. The van der Waals surface area contributed by atoms with Crippen LogP contribution in [-0.4, -0.2) is 30.9 Å². The van der Waals surface area contributed by atoms with E-state index in [1.165, 1.54) is 0 Å². The molecule has 0 spiro atoms. The van der Waals surface area contributed by atoms with Gasteiger partial charge < -0.3 is 15.0 Å². The van der Waals surface area contributed by atoms with Gasteiger partial charge in [0, 0.05) is 29.7 Å². The van der Waals surface area contributed by atoms with Gasteiger partial charge in [-0.05, 0) is 29.5 Å². The molecule has 158 valence electrons. The molecule has 0 aliphatic carbocycles. The number of amides is 2. The van der Waals surface area contributed by atoms with E-state index >= 15 is 0 Å². The molecule has 6 nitrogen and oxygen atoms in total. The number of hydrogen-bond donors (Lipinski definition) is 1. The Morgan fingerprint density at radius 3 is 2.61 bits per heavy atom. The van der Waals surface area contributed by atoms with Crippen LogP contribution in [-0.2, 0) is 25.5 Å². The lowest BCUT2D eigenvalue weighted by Crippen LogP contribution is -2.28. The number of nitrogens with one attached hydrogen (secondary N) is 1. The zero-order chi connectivity index (χ0) is 21.8. The number of rotatable bonds is 6. The van der Waals surface area contributed by atoms with E-state index in [1.54, 1.807) is 11.0 Å². The zero-order valence-electron chi connectivity index (χ0n) is 17.3. The van der Waals surface area contributed by atoms with E-state index in [2.05, 4.69) is 5.32 Å². The van der Waals surface area contributed by atoms with Crippen molar-refractivity contribution in [2.24, 2.45) is 5.92 Å². The van der Waals surface area contributed by atoms with Gasteiger partial charge in [-0.3, -0.25) is 14.4 Å². The molecule has 3 aromatic carbocycles. The third-order valence-corrected chi connectivity index (χ3v) is 5.53. The number of fused-ring (bicyclic) bond motifs is 1. The molecule has 1 N–H and O–H groups in total. The fraction of sp³-hybridized carbons (Fsp3) is 0.240. The highest BCUT2D eigenvalue weighted by Crippen LogP contribution is 2.29. The Kier molecular flexibility index (Phi) is 5.98. The first-order valence-corrected chi connectivity index (χ1v) is 10.4. The molecule has 4 rings (SSSR count). The van der Waals surface area contributed by atoms with Crippen molar-refractivity contribution in [1.82, 2.24) is 0 Å². The summed E-state index contributed by atoms with van der Waals surface area (Å²) in [5.41, 5.74) is 2.55. The van der Waals surface area contributed by atoms with Gasteiger partial charge in [0.1, 0.15) is 0 Å². The van der Waals surface area contributed by atoms with Gasteiger partial charge in [0.15, 0.2) is 6.61 Å². The molecule has 6 heteroatoms. The van der Waals surface area contributed by atoms with Crippen LogP contribution >= 0.6 is 0 Å². The Morgan fingerprint density at radius 1 is 1.03 bits per heavy atom. The molecular formula is C25H24N2O4. The minimum absolute atomic E-state index is 0.0851. The van der Waals surface area contributed by atoms with Crippen molar-refractivity contribution in [1.29, 1.82) is 0 Å². The zero-order valence-corrected chi connectivity index (χ0v) is 17.3. The van der Waals surface area contributed by atoms with Crippen molar-refractivity contribution >= 4 is 39.9 Å². The van der Waals surface area contributed by atoms with Crippen molar-refractivity contribution in [2.45, 2.75) is 19.8 Å². The third-order valence-electron chi connectivity index (χ3n) is 5.53. The highest BCUT2D eigenvalue weighted by Gasteiger charge is 2.37. The molecule has 2 amide bonds. The summed E-state index contributed by atoms with van der Waals surface area (Å²) in [4.78, 5) is 39.0. The number of para-hydroxylation sites is 1. The summed E-state index contributed by atoms with van der Waals surface area (Å²) >= 11 is 0. The smallest absolute Gasteiger partial charge is 0.311 e. The number of carbonyl (C=O) groups excluding carboxylic acids is 3. The first-order valence-electron chi connectivity index (χ1n) is 10.4. The molecule has 1 atom stereocenters. The van der Waals surface area contributed by atoms with E-state index in [0.717, 1.165) is 28.4 Å². The highest BCUT2D eigenvalue weighted by molar-refractivity contribution is 6.03. The number of benzene rings is 3. The molecule has 3 aromatic rings. The minimum Gasteiger partial charge on any atom is -0.455 e. The number of hydrogen-bond acceptors (Lipinski definition) is 4. The summed E-state index contributed by atoms with van der Waals surface area (Å²) in [6.45, 7) is 1.90. The molecule has 1 saturated heterocycles. The largest absolute Gasteiger partial charge is 0.455 e. The van der Waals surface area contributed by atoms with E-state index in [4.69, 9.17) is 4.74 Å². The lowest BCUT2D eigenvalue weighted by molar-refractivity contribution is -0.151. The molecule has 0 bridgehead atoms. The van der Waals surface area contributed by atoms with Crippen LogP contribution in [0.1, 0.15) is 18.9 Å². The molecular weight excluding hydrogens is 392 g/mol. The van der Waals surface area contributed by atoms with E-state index in [-0.39, 0.29) is 18.9 Å². The van der Waals surface area contributed by atoms with Crippen LogP contribution in [0.15, 0.2) is 66.7 Å². The number of nitrogens with zero attached hydrogens (tertiary/aromatic N) is 1. The fourth-order valence-corrected chi connectivity index (χ4v) is 3.95. The van der Waals surface area contributed by atoms with Crippen LogP contribution in [0.2, 0.25) is 0 Å². The molecule has 1 aliphatic rings. The van der Waals surface area contributed by atoms with Crippen LogP contribution in [0.25, 0.3) is 10.8 Å². The highest BCUT2D eigenvalue weighted by atomic mass is 16.5. The van der Waals surface area contributed by atoms with E-state index in [0.29, 0.717) is 5.69 Å². The molecule has 0 aromatic heterocycles. The Hall–Kier alpha value is -3.67.